The summed E-state index contributed by atoms with van der Waals surface area (Å²) in [5.41, 5.74) is 5.24. The minimum absolute atomic E-state index is 0.171. The summed E-state index contributed by atoms with van der Waals surface area (Å²) in [6, 6.07) is 13.8. The van der Waals surface area contributed by atoms with Crippen LogP contribution in [0.4, 0.5) is 10.1 Å². The molecule has 1 heterocycles. The minimum Gasteiger partial charge on any atom is -0.377 e. The van der Waals surface area contributed by atoms with Crippen LogP contribution in [0, 0.1) is 11.7 Å². The summed E-state index contributed by atoms with van der Waals surface area (Å²) in [5, 5.41) is 3.76. The van der Waals surface area contributed by atoms with Crippen molar-refractivity contribution >= 4 is 5.69 Å². The Morgan fingerprint density at radius 3 is 2.73 bits per heavy atom. The Morgan fingerprint density at radius 1 is 1.14 bits per heavy atom. The fourth-order valence-electron chi connectivity index (χ4n) is 3.98. The topological polar surface area (TPSA) is 12.0 Å². The maximum Gasteiger partial charge on any atom is 0.123 e. The molecule has 1 N–H and O–H groups in total. The van der Waals surface area contributed by atoms with Gasteiger partial charge in [-0.3, -0.25) is 0 Å². The SMILES string of the molecule is CCc1cccc2c1N[C@H](c1ccc(F)cc1)[C@@H]1CC=C[C@@H]21. The number of allylic oxidation sites excluding steroid dienone is 2. The van der Waals surface area contributed by atoms with Gasteiger partial charge in [-0.15, -0.1) is 0 Å². The Hall–Kier alpha value is -2.09. The normalized spacial score (nSPS) is 25.5. The van der Waals surface area contributed by atoms with Gasteiger partial charge in [-0.1, -0.05) is 49.4 Å². The van der Waals surface area contributed by atoms with Crippen molar-refractivity contribution in [2.45, 2.75) is 31.7 Å². The van der Waals surface area contributed by atoms with Crippen molar-refractivity contribution in [1.29, 1.82) is 0 Å². The van der Waals surface area contributed by atoms with E-state index in [0.29, 0.717) is 11.8 Å². The molecular formula is C20H20FN. The Kier molecular flexibility index (Phi) is 3.25. The van der Waals surface area contributed by atoms with E-state index in [1.807, 2.05) is 12.1 Å². The second-order valence-corrected chi connectivity index (χ2v) is 6.26. The summed E-state index contributed by atoms with van der Waals surface area (Å²) in [4.78, 5) is 0. The molecule has 0 saturated heterocycles. The van der Waals surface area contributed by atoms with Crippen LogP contribution in [-0.2, 0) is 6.42 Å². The summed E-state index contributed by atoms with van der Waals surface area (Å²) in [6.45, 7) is 2.20. The molecule has 0 spiro atoms. The van der Waals surface area contributed by atoms with Crippen molar-refractivity contribution in [3.8, 4) is 0 Å². The van der Waals surface area contributed by atoms with Crippen LogP contribution in [0.3, 0.4) is 0 Å². The van der Waals surface area contributed by atoms with Gasteiger partial charge in [-0.2, -0.15) is 0 Å². The van der Waals surface area contributed by atoms with E-state index in [-0.39, 0.29) is 11.9 Å². The molecule has 22 heavy (non-hydrogen) atoms. The molecule has 1 aliphatic heterocycles. The van der Waals surface area contributed by atoms with Gasteiger partial charge in [0.2, 0.25) is 0 Å². The average Bonchev–Trinajstić information content (AvgIpc) is 3.04. The predicted molar refractivity (Wildman–Crippen MR) is 88.6 cm³/mol. The van der Waals surface area contributed by atoms with Crippen molar-refractivity contribution < 1.29 is 4.39 Å². The quantitative estimate of drug-likeness (QED) is 0.749. The van der Waals surface area contributed by atoms with Gasteiger partial charge in [0.15, 0.2) is 0 Å². The number of nitrogens with one attached hydrogen (secondary N) is 1. The van der Waals surface area contributed by atoms with E-state index >= 15 is 0 Å². The molecule has 0 radical (unpaired) electrons. The Bertz CT molecular complexity index is 717. The molecule has 0 amide bonds. The van der Waals surface area contributed by atoms with Gasteiger partial charge in [0.1, 0.15) is 5.82 Å². The maximum absolute atomic E-state index is 13.2. The number of hydrogen-bond donors (Lipinski definition) is 1. The summed E-state index contributed by atoms with van der Waals surface area (Å²) in [5.74, 6) is 0.818. The molecule has 0 unspecified atom stereocenters. The summed E-state index contributed by atoms with van der Waals surface area (Å²) in [7, 11) is 0. The van der Waals surface area contributed by atoms with Gasteiger partial charge < -0.3 is 5.32 Å². The number of rotatable bonds is 2. The lowest BCUT2D eigenvalue weighted by atomic mass is 9.76. The summed E-state index contributed by atoms with van der Waals surface area (Å²) >= 11 is 0. The van der Waals surface area contributed by atoms with Crippen molar-refractivity contribution in [3.05, 3.63) is 77.1 Å². The molecule has 0 aromatic heterocycles. The van der Waals surface area contributed by atoms with Crippen LogP contribution in [0.15, 0.2) is 54.6 Å². The Labute approximate surface area is 130 Å². The molecule has 4 rings (SSSR count). The van der Waals surface area contributed by atoms with Crippen LogP contribution in [0.2, 0.25) is 0 Å². The summed E-state index contributed by atoms with van der Waals surface area (Å²) in [6.07, 6.45) is 6.74. The highest BCUT2D eigenvalue weighted by Crippen LogP contribution is 2.50. The lowest BCUT2D eigenvalue weighted by Crippen LogP contribution is -2.29. The molecule has 1 nitrogen and oxygen atoms in total. The van der Waals surface area contributed by atoms with Crippen LogP contribution in [0.25, 0.3) is 0 Å². The summed E-state index contributed by atoms with van der Waals surface area (Å²) < 4.78 is 13.2. The number of para-hydroxylation sites is 1. The van der Waals surface area contributed by atoms with E-state index < -0.39 is 0 Å². The first kappa shape index (κ1) is 13.6. The predicted octanol–water partition coefficient (Wildman–Crippen LogP) is 5.21. The molecule has 0 saturated carbocycles. The monoisotopic (exact) mass is 293 g/mol. The third kappa shape index (κ3) is 2.06. The van der Waals surface area contributed by atoms with E-state index in [9.17, 15) is 4.39 Å². The third-order valence-corrected chi connectivity index (χ3v) is 5.09. The molecule has 2 aromatic carbocycles. The van der Waals surface area contributed by atoms with Gasteiger partial charge >= 0.3 is 0 Å². The average molecular weight is 293 g/mol. The van der Waals surface area contributed by atoms with Gasteiger partial charge in [-0.25, -0.2) is 4.39 Å². The zero-order chi connectivity index (χ0) is 15.1. The zero-order valence-electron chi connectivity index (χ0n) is 12.7. The highest BCUT2D eigenvalue weighted by atomic mass is 19.1. The zero-order valence-corrected chi connectivity index (χ0v) is 12.7. The highest BCUT2D eigenvalue weighted by molar-refractivity contribution is 5.64. The van der Waals surface area contributed by atoms with E-state index in [0.717, 1.165) is 12.8 Å². The molecule has 2 aliphatic rings. The third-order valence-electron chi connectivity index (χ3n) is 5.09. The number of aryl methyl sites for hydroxylation is 1. The van der Waals surface area contributed by atoms with Crippen LogP contribution >= 0.6 is 0 Å². The second kappa shape index (κ2) is 5.28. The first-order valence-electron chi connectivity index (χ1n) is 8.08. The Balaban J connectivity index is 1.81. The minimum atomic E-state index is -0.171. The standard InChI is InChI=1S/C20H20FN/c1-2-13-5-3-7-17-16-6-4-8-18(16)20(22-19(13)17)14-9-11-15(21)12-10-14/h3-7,9-12,16,18,20,22H,2,8H2,1H3/t16-,18+,20+/m0/s1. The fourth-order valence-corrected chi connectivity index (χ4v) is 3.98. The number of halogens is 1. The lowest BCUT2D eigenvalue weighted by molar-refractivity contribution is 0.424. The molecule has 0 bridgehead atoms. The van der Waals surface area contributed by atoms with Crippen molar-refractivity contribution in [1.82, 2.24) is 0 Å². The largest absolute Gasteiger partial charge is 0.377 e. The molecule has 112 valence electrons. The molecule has 2 heteroatoms. The number of anilines is 1. The molecule has 0 fully saturated rings. The molecule has 2 aromatic rings. The maximum atomic E-state index is 13.2. The Morgan fingerprint density at radius 2 is 1.95 bits per heavy atom. The van der Waals surface area contributed by atoms with Gasteiger partial charge in [0.05, 0.1) is 6.04 Å². The van der Waals surface area contributed by atoms with E-state index in [1.54, 1.807) is 12.1 Å². The molecular weight excluding hydrogens is 273 g/mol. The van der Waals surface area contributed by atoms with Crippen molar-refractivity contribution in [2.75, 3.05) is 5.32 Å². The smallest absolute Gasteiger partial charge is 0.123 e. The van der Waals surface area contributed by atoms with Crippen LogP contribution in [0.1, 0.15) is 42.0 Å². The lowest BCUT2D eigenvalue weighted by Gasteiger charge is -2.38. The number of fused-ring (bicyclic) bond motifs is 3. The van der Waals surface area contributed by atoms with Gasteiger partial charge in [0.25, 0.3) is 0 Å². The van der Waals surface area contributed by atoms with Crippen molar-refractivity contribution in [2.24, 2.45) is 5.92 Å². The second-order valence-electron chi connectivity index (χ2n) is 6.26. The van der Waals surface area contributed by atoms with Gasteiger partial charge in [-0.05, 0) is 47.6 Å². The van der Waals surface area contributed by atoms with Crippen LogP contribution < -0.4 is 5.32 Å². The van der Waals surface area contributed by atoms with E-state index in [4.69, 9.17) is 0 Å². The first-order valence-corrected chi connectivity index (χ1v) is 8.08. The highest BCUT2D eigenvalue weighted by Gasteiger charge is 2.38. The number of benzene rings is 2. The fraction of sp³-hybridized carbons (Fsp3) is 0.300. The van der Waals surface area contributed by atoms with Crippen LogP contribution in [-0.4, -0.2) is 0 Å². The number of hydrogen-bond acceptors (Lipinski definition) is 1. The first-order chi connectivity index (χ1) is 10.8. The van der Waals surface area contributed by atoms with E-state index in [2.05, 4.69) is 42.6 Å². The van der Waals surface area contributed by atoms with Crippen LogP contribution in [0.5, 0.6) is 0 Å². The molecule has 3 atom stereocenters. The van der Waals surface area contributed by atoms with Crippen molar-refractivity contribution in [3.63, 3.8) is 0 Å². The van der Waals surface area contributed by atoms with Gasteiger partial charge in [0, 0.05) is 11.6 Å². The van der Waals surface area contributed by atoms with E-state index in [1.165, 1.54) is 22.4 Å². The molecule has 1 aliphatic carbocycles.